The fourth-order valence-corrected chi connectivity index (χ4v) is 2.98. The van der Waals surface area contributed by atoms with Crippen LogP contribution in [0.1, 0.15) is 33.5 Å². The lowest BCUT2D eigenvalue weighted by Crippen LogP contribution is -2.04. The van der Waals surface area contributed by atoms with Gasteiger partial charge in [-0.3, -0.25) is 4.79 Å². The van der Waals surface area contributed by atoms with Gasteiger partial charge in [-0.25, -0.2) is 0 Å². The average Bonchev–Trinajstić information content (AvgIpc) is 2.47. The van der Waals surface area contributed by atoms with Gasteiger partial charge in [0, 0.05) is 16.9 Å². The first-order valence-electron chi connectivity index (χ1n) is 6.84. The number of hydrogen-bond donors (Lipinski definition) is 0. The molecule has 20 heavy (non-hydrogen) atoms. The number of thioether (sulfide) groups is 1. The predicted molar refractivity (Wildman–Crippen MR) is 86.8 cm³/mol. The molecule has 0 saturated heterocycles. The van der Waals surface area contributed by atoms with Gasteiger partial charge >= 0.3 is 0 Å². The molecule has 0 atom stereocenters. The number of carbonyl (C=O) groups is 1. The fraction of sp³-hybridized carbons (Fsp3) is 0.278. The van der Waals surface area contributed by atoms with E-state index in [0.29, 0.717) is 6.42 Å². The Morgan fingerprint density at radius 3 is 2.60 bits per heavy atom. The van der Waals surface area contributed by atoms with Crippen molar-refractivity contribution in [1.29, 1.82) is 0 Å². The molecule has 0 heterocycles. The van der Waals surface area contributed by atoms with E-state index in [2.05, 4.69) is 24.5 Å². The quantitative estimate of drug-likeness (QED) is 0.577. The Kier molecular flexibility index (Phi) is 5.02. The van der Waals surface area contributed by atoms with Crippen molar-refractivity contribution in [3.63, 3.8) is 0 Å². The zero-order valence-corrected chi connectivity index (χ0v) is 13.1. The lowest BCUT2D eigenvalue weighted by atomic mass is 9.97. The van der Waals surface area contributed by atoms with E-state index in [-0.39, 0.29) is 5.78 Å². The van der Waals surface area contributed by atoms with Gasteiger partial charge < -0.3 is 0 Å². The van der Waals surface area contributed by atoms with Gasteiger partial charge in [0.1, 0.15) is 0 Å². The maximum absolute atomic E-state index is 12.4. The molecule has 0 amide bonds. The van der Waals surface area contributed by atoms with Gasteiger partial charge in [0.15, 0.2) is 5.78 Å². The molecular weight excluding hydrogens is 264 g/mol. The van der Waals surface area contributed by atoms with E-state index < -0.39 is 0 Å². The second-order valence-corrected chi connectivity index (χ2v) is 5.90. The second kappa shape index (κ2) is 6.76. The molecule has 0 aliphatic rings. The average molecular weight is 284 g/mol. The largest absolute Gasteiger partial charge is 0.294 e. The van der Waals surface area contributed by atoms with Crippen molar-refractivity contribution in [2.75, 3.05) is 6.26 Å². The summed E-state index contributed by atoms with van der Waals surface area (Å²) in [5.74, 6) is 0.238. The molecule has 1 nitrogen and oxygen atoms in total. The Morgan fingerprint density at radius 2 is 1.85 bits per heavy atom. The van der Waals surface area contributed by atoms with Crippen molar-refractivity contribution in [2.45, 2.75) is 31.6 Å². The number of carbonyl (C=O) groups excluding carboxylic acids is 1. The summed E-state index contributed by atoms with van der Waals surface area (Å²) in [6.45, 7) is 4.03. The highest BCUT2D eigenvalue weighted by Crippen LogP contribution is 2.22. The van der Waals surface area contributed by atoms with Crippen molar-refractivity contribution in [2.24, 2.45) is 0 Å². The summed E-state index contributed by atoms with van der Waals surface area (Å²) >= 11 is 1.74. The molecule has 2 aromatic rings. The molecule has 0 spiro atoms. The summed E-state index contributed by atoms with van der Waals surface area (Å²) in [6, 6.07) is 14.4. The minimum atomic E-state index is 0.238. The molecule has 0 saturated carbocycles. The number of rotatable bonds is 5. The van der Waals surface area contributed by atoms with E-state index in [1.54, 1.807) is 11.8 Å². The van der Waals surface area contributed by atoms with Crippen LogP contribution in [0.15, 0.2) is 47.4 Å². The summed E-state index contributed by atoms with van der Waals surface area (Å²) in [6.07, 6.45) is 3.45. The van der Waals surface area contributed by atoms with Crippen LogP contribution in [-0.2, 0) is 6.42 Å². The lowest BCUT2D eigenvalue weighted by Gasteiger charge is -2.08. The third-order valence-corrected chi connectivity index (χ3v) is 4.35. The van der Waals surface area contributed by atoms with Crippen LogP contribution in [-0.4, -0.2) is 12.0 Å². The van der Waals surface area contributed by atoms with Gasteiger partial charge in [-0.1, -0.05) is 35.9 Å². The first-order valence-corrected chi connectivity index (χ1v) is 8.06. The lowest BCUT2D eigenvalue weighted by molar-refractivity contribution is 0.0982. The Labute approximate surface area is 125 Å². The van der Waals surface area contributed by atoms with Gasteiger partial charge in [-0.15, -0.1) is 11.8 Å². The van der Waals surface area contributed by atoms with Crippen molar-refractivity contribution >= 4 is 17.5 Å². The van der Waals surface area contributed by atoms with Crippen LogP contribution >= 0.6 is 11.8 Å². The molecule has 0 N–H and O–H groups in total. The van der Waals surface area contributed by atoms with Gasteiger partial charge in [0.25, 0.3) is 0 Å². The predicted octanol–water partition coefficient (Wildman–Crippen LogP) is 4.84. The molecule has 0 radical (unpaired) electrons. The van der Waals surface area contributed by atoms with Crippen molar-refractivity contribution < 1.29 is 4.79 Å². The van der Waals surface area contributed by atoms with Crippen molar-refractivity contribution in [3.8, 4) is 0 Å². The maximum Gasteiger partial charge on any atom is 0.163 e. The molecule has 0 fully saturated rings. The Balaban J connectivity index is 2.11. The number of hydrogen-bond acceptors (Lipinski definition) is 2. The topological polar surface area (TPSA) is 17.1 Å². The highest BCUT2D eigenvalue weighted by atomic mass is 32.2. The number of benzene rings is 2. The Hall–Kier alpha value is -1.54. The van der Waals surface area contributed by atoms with Crippen molar-refractivity contribution in [1.82, 2.24) is 0 Å². The first kappa shape index (κ1) is 14.9. The minimum Gasteiger partial charge on any atom is -0.294 e. The molecule has 0 unspecified atom stereocenters. The summed E-state index contributed by atoms with van der Waals surface area (Å²) in [7, 11) is 0. The molecule has 0 aliphatic carbocycles. The molecular formula is C18H20OS. The normalized spacial score (nSPS) is 10.6. The highest BCUT2D eigenvalue weighted by Gasteiger charge is 2.10. The molecule has 0 aliphatic heterocycles. The molecule has 104 valence electrons. The van der Waals surface area contributed by atoms with Crippen LogP contribution in [0.4, 0.5) is 0 Å². The van der Waals surface area contributed by atoms with Crippen LogP contribution < -0.4 is 0 Å². The van der Waals surface area contributed by atoms with Crippen LogP contribution in [0.25, 0.3) is 0 Å². The molecule has 2 aromatic carbocycles. The second-order valence-electron chi connectivity index (χ2n) is 5.05. The third-order valence-electron chi connectivity index (χ3n) is 3.51. The van der Waals surface area contributed by atoms with E-state index >= 15 is 0 Å². The van der Waals surface area contributed by atoms with Crippen LogP contribution in [0.2, 0.25) is 0 Å². The standard InChI is InChI=1S/C18H20OS/c1-13-8-9-14(2)16(12-13)17(19)11-10-15-6-4-5-7-18(15)20-3/h4-9,12H,10-11H2,1-3H3. The molecule has 2 heteroatoms. The third kappa shape index (κ3) is 3.51. The number of Topliss-reactive ketones (excluding diaryl/α,β-unsaturated/α-hetero) is 1. The summed E-state index contributed by atoms with van der Waals surface area (Å²) in [5.41, 5.74) is 4.34. The van der Waals surface area contributed by atoms with Crippen molar-refractivity contribution in [3.05, 3.63) is 64.7 Å². The smallest absolute Gasteiger partial charge is 0.163 e. The summed E-state index contributed by atoms with van der Waals surface area (Å²) < 4.78 is 0. The van der Waals surface area contributed by atoms with Gasteiger partial charge in [-0.2, -0.15) is 0 Å². The first-order chi connectivity index (χ1) is 9.61. The van der Waals surface area contributed by atoms with Gasteiger partial charge in [0.2, 0.25) is 0 Å². The summed E-state index contributed by atoms with van der Waals surface area (Å²) in [5, 5.41) is 0. The molecule has 2 rings (SSSR count). The Morgan fingerprint density at radius 1 is 1.10 bits per heavy atom. The van der Waals surface area contributed by atoms with E-state index in [0.717, 1.165) is 23.1 Å². The minimum absolute atomic E-state index is 0.238. The van der Waals surface area contributed by atoms with Crippen LogP contribution in [0.5, 0.6) is 0 Å². The maximum atomic E-state index is 12.4. The summed E-state index contributed by atoms with van der Waals surface area (Å²) in [4.78, 5) is 13.6. The Bertz CT molecular complexity index is 617. The highest BCUT2D eigenvalue weighted by molar-refractivity contribution is 7.98. The van der Waals surface area contributed by atoms with E-state index in [1.165, 1.54) is 10.5 Å². The van der Waals surface area contributed by atoms with Gasteiger partial charge in [-0.05, 0) is 49.8 Å². The zero-order chi connectivity index (χ0) is 14.5. The zero-order valence-electron chi connectivity index (χ0n) is 12.3. The van der Waals surface area contributed by atoms with E-state index in [9.17, 15) is 4.79 Å². The van der Waals surface area contributed by atoms with E-state index in [4.69, 9.17) is 0 Å². The number of ketones is 1. The molecule has 0 aromatic heterocycles. The van der Waals surface area contributed by atoms with E-state index in [1.807, 2.05) is 38.1 Å². The molecule has 0 bridgehead atoms. The van der Waals surface area contributed by atoms with Crippen LogP contribution in [0.3, 0.4) is 0 Å². The van der Waals surface area contributed by atoms with Gasteiger partial charge in [0.05, 0.1) is 0 Å². The number of aryl methyl sites for hydroxylation is 3. The monoisotopic (exact) mass is 284 g/mol. The fourth-order valence-electron chi connectivity index (χ4n) is 2.33. The van der Waals surface area contributed by atoms with Crippen LogP contribution in [0, 0.1) is 13.8 Å². The SMILES string of the molecule is CSc1ccccc1CCC(=O)c1cc(C)ccc1C.